The van der Waals surface area contributed by atoms with Crippen molar-refractivity contribution in [2.24, 2.45) is 0 Å². The van der Waals surface area contributed by atoms with Gasteiger partial charge in [0.2, 0.25) is 5.91 Å². The van der Waals surface area contributed by atoms with E-state index in [0.717, 1.165) is 31.2 Å². The summed E-state index contributed by atoms with van der Waals surface area (Å²) in [6.07, 6.45) is 4.97. The van der Waals surface area contributed by atoms with Gasteiger partial charge in [0.05, 0.1) is 11.3 Å². The number of anilines is 1. The zero-order valence-electron chi connectivity index (χ0n) is 15.6. The number of aryl methyl sites for hydroxylation is 1. The number of oxazole rings is 1. The number of para-hydroxylation sites is 3. The molecule has 1 fully saturated rings. The van der Waals surface area contributed by atoms with E-state index in [1.54, 1.807) is 18.2 Å². The second-order valence-electron chi connectivity index (χ2n) is 7.12. The molecule has 0 spiro atoms. The van der Waals surface area contributed by atoms with E-state index in [9.17, 15) is 9.59 Å². The molecule has 2 aromatic carbocycles. The van der Waals surface area contributed by atoms with Crippen LogP contribution in [-0.4, -0.2) is 22.8 Å². The number of benzene rings is 2. The molecule has 6 heteroatoms. The number of hydrogen-bond acceptors (Lipinski definition) is 4. The standard InChI is InChI=1S/C22H23N3O3/c26-20(13-14-21-25-18-11-5-6-12-19(18)28-21)24-17-10-4-3-9-16(17)22(27)23-15-7-1-2-8-15/h3-6,9-12,15H,1-2,7-8,13-14H2,(H,23,27)(H,24,26). The number of rotatable bonds is 6. The molecule has 1 aliphatic carbocycles. The van der Waals surface area contributed by atoms with Gasteiger partial charge in [-0.2, -0.15) is 0 Å². The first-order valence-electron chi connectivity index (χ1n) is 9.73. The highest BCUT2D eigenvalue weighted by Crippen LogP contribution is 2.21. The molecule has 4 rings (SSSR count). The Bertz CT molecular complexity index is 956. The Morgan fingerprint density at radius 2 is 1.79 bits per heavy atom. The van der Waals surface area contributed by atoms with E-state index >= 15 is 0 Å². The highest BCUT2D eigenvalue weighted by atomic mass is 16.3. The molecule has 1 heterocycles. The zero-order valence-corrected chi connectivity index (χ0v) is 15.6. The van der Waals surface area contributed by atoms with E-state index < -0.39 is 0 Å². The Hall–Kier alpha value is -3.15. The van der Waals surface area contributed by atoms with Gasteiger partial charge in [-0.3, -0.25) is 9.59 Å². The largest absolute Gasteiger partial charge is 0.441 e. The number of aromatic nitrogens is 1. The molecule has 1 saturated carbocycles. The maximum atomic E-state index is 12.6. The topological polar surface area (TPSA) is 84.2 Å². The third kappa shape index (κ3) is 4.22. The first-order chi connectivity index (χ1) is 13.7. The zero-order chi connectivity index (χ0) is 19.3. The summed E-state index contributed by atoms with van der Waals surface area (Å²) in [5, 5.41) is 5.92. The molecule has 2 amide bonds. The molecule has 0 atom stereocenters. The fraction of sp³-hybridized carbons (Fsp3) is 0.318. The van der Waals surface area contributed by atoms with Crippen LogP contribution in [0.5, 0.6) is 0 Å². The summed E-state index contributed by atoms with van der Waals surface area (Å²) >= 11 is 0. The molecular weight excluding hydrogens is 354 g/mol. The van der Waals surface area contributed by atoms with Crippen LogP contribution in [0.2, 0.25) is 0 Å². The highest BCUT2D eigenvalue weighted by molar-refractivity contribution is 6.03. The fourth-order valence-electron chi connectivity index (χ4n) is 3.58. The van der Waals surface area contributed by atoms with Crippen LogP contribution in [0, 0.1) is 0 Å². The number of fused-ring (bicyclic) bond motifs is 1. The van der Waals surface area contributed by atoms with E-state index in [1.807, 2.05) is 30.3 Å². The van der Waals surface area contributed by atoms with E-state index in [0.29, 0.717) is 29.1 Å². The summed E-state index contributed by atoms with van der Waals surface area (Å²) in [5.41, 5.74) is 2.52. The summed E-state index contributed by atoms with van der Waals surface area (Å²) in [6, 6.07) is 14.8. The van der Waals surface area contributed by atoms with Gasteiger partial charge in [0.25, 0.3) is 5.91 Å². The van der Waals surface area contributed by atoms with Gasteiger partial charge in [0, 0.05) is 18.9 Å². The number of nitrogens with zero attached hydrogens (tertiary/aromatic N) is 1. The lowest BCUT2D eigenvalue weighted by atomic mass is 10.1. The van der Waals surface area contributed by atoms with Gasteiger partial charge >= 0.3 is 0 Å². The highest BCUT2D eigenvalue weighted by Gasteiger charge is 2.20. The van der Waals surface area contributed by atoms with Crippen molar-refractivity contribution in [3.05, 3.63) is 60.0 Å². The molecule has 0 unspecified atom stereocenters. The van der Waals surface area contributed by atoms with Crippen molar-refractivity contribution in [3.63, 3.8) is 0 Å². The van der Waals surface area contributed by atoms with E-state index in [2.05, 4.69) is 15.6 Å². The van der Waals surface area contributed by atoms with Crippen molar-refractivity contribution < 1.29 is 14.0 Å². The molecule has 0 aliphatic heterocycles. The van der Waals surface area contributed by atoms with Crippen molar-refractivity contribution >= 4 is 28.6 Å². The number of hydrogen-bond donors (Lipinski definition) is 2. The van der Waals surface area contributed by atoms with Crippen LogP contribution >= 0.6 is 0 Å². The lowest BCUT2D eigenvalue weighted by molar-refractivity contribution is -0.116. The molecule has 3 aromatic rings. The van der Waals surface area contributed by atoms with Crippen molar-refractivity contribution in [2.75, 3.05) is 5.32 Å². The molecule has 1 aromatic heterocycles. The average molecular weight is 377 g/mol. The van der Waals surface area contributed by atoms with Gasteiger partial charge in [-0.1, -0.05) is 37.1 Å². The van der Waals surface area contributed by atoms with Gasteiger partial charge in [0.1, 0.15) is 5.52 Å². The Balaban J connectivity index is 1.37. The molecule has 0 bridgehead atoms. The molecule has 28 heavy (non-hydrogen) atoms. The molecule has 0 saturated heterocycles. The molecule has 6 nitrogen and oxygen atoms in total. The number of carbonyl (C=O) groups is 2. The van der Waals surface area contributed by atoms with E-state index in [1.165, 1.54) is 0 Å². The lowest BCUT2D eigenvalue weighted by Gasteiger charge is -2.15. The summed E-state index contributed by atoms with van der Waals surface area (Å²) in [5.74, 6) is 0.216. The summed E-state index contributed by atoms with van der Waals surface area (Å²) in [4.78, 5) is 29.4. The first-order valence-corrected chi connectivity index (χ1v) is 9.73. The predicted octanol–water partition coefficient (Wildman–Crippen LogP) is 4.07. The van der Waals surface area contributed by atoms with Gasteiger partial charge in [-0.15, -0.1) is 0 Å². The van der Waals surface area contributed by atoms with Gasteiger partial charge in [-0.05, 0) is 37.1 Å². The monoisotopic (exact) mass is 377 g/mol. The van der Waals surface area contributed by atoms with Crippen LogP contribution in [0.4, 0.5) is 5.69 Å². The fourth-order valence-corrected chi connectivity index (χ4v) is 3.58. The smallest absolute Gasteiger partial charge is 0.253 e. The number of nitrogens with one attached hydrogen (secondary N) is 2. The molecule has 1 aliphatic rings. The number of carbonyl (C=O) groups excluding carboxylic acids is 2. The van der Waals surface area contributed by atoms with Crippen molar-refractivity contribution in [1.29, 1.82) is 0 Å². The molecular formula is C22H23N3O3. The third-order valence-electron chi connectivity index (χ3n) is 5.04. The second-order valence-corrected chi connectivity index (χ2v) is 7.12. The van der Waals surface area contributed by atoms with E-state index in [4.69, 9.17) is 4.42 Å². The van der Waals surface area contributed by atoms with Crippen LogP contribution in [0.1, 0.15) is 48.4 Å². The normalized spacial score (nSPS) is 14.3. The minimum Gasteiger partial charge on any atom is -0.441 e. The number of amides is 2. The summed E-state index contributed by atoms with van der Waals surface area (Å²) in [7, 11) is 0. The predicted molar refractivity (Wildman–Crippen MR) is 107 cm³/mol. The maximum Gasteiger partial charge on any atom is 0.253 e. The Labute approximate surface area is 163 Å². The Morgan fingerprint density at radius 3 is 2.61 bits per heavy atom. The Morgan fingerprint density at radius 1 is 1.04 bits per heavy atom. The first kappa shape index (κ1) is 18.2. The SMILES string of the molecule is O=C(CCc1nc2ccccc2o1)Nc1ccccc1C(=O)NC1CCCC1. The van der Waals surface area contributed by atoms with Crippen LogP contribution in [0.3, 0.4) is 0 Å². The minimum absolute atomic E-state index is 0.137. The molecule has 0 radical (unpaired) electrons. The van der Waals surface area contributed by atoms with Crippen LogP contribution < -0.4 is 10.6 Å². The van der Waals surface area contributed by atoms with Crippen LogP contribution in [-0.2, 0) is 11.2 Å². The molecule has 144 valence electrons. The second kappa shape index (κ2) is 8.25. The third-order valence-corrected chi connectivity index (χ3v) is 5.04. The van der Waals surface area contributed by atoms with E-state index in [-0.39, 0.29) is 24.3 Å². The lowest BCUT2D eigenvalue weighted by Crippen LogP contribution is -2.33. The van der Waals surface area contributed by atoms with Crippen LogP contribution in [0.15, 0.2) is 52.9 Å². The van der Waals surface area contributed by atoms with Crippen molar-refractivity contribution in [2.45, 2.75) is 44.6 Å². The summed E-state index contributed by atoms with van der Waals surface area (Å²) in [6.45, 7) is 0. The average Bonchev–Trinajstić information content (AvgIpc) is 3.36. The van der Waals surface area contributed by atoms with Crippen molar-refractivity contribution in [3.8, 4) is 0 Å². The van der Waals surface area contributed by atoms with Crippen molar-refractivity contribution in [1.82, 2.24) is 10.3 Å². The van der Waals surface area contributed by atoms with Gasteiger partial charge < -0.3 is 15.1 Å². The Kier molecular flexibility index (Phi) is 5.37. The summed E-state index contributed by atoms with van der Waals surface area (Å²) < 4.78 is 5.65. The molecule has 2 N–H and O–H groups in total. The van der Waals surface area contributed by atoms with Gasteiger partial charge in [-0.25, -0.2) is 4.98 Å². The maximum absolute atomic E-state index is 12.6. The quantitative estimate of drug-likeness (QED) is 0.678. The minimum atomic E-state index is -0.177. The van der Waals surface area contributed by atoms with Gasteiger partial charge in [0.15, 0.2) is 11.5 Å². The van der Waals surface area contributed by atoms with Crippen LogP contribution in [0.25, 0.3) is 11.1 Å².